The average Bonchev–Trinajstić information content (AvgIpc) is 2.16. The number of alkyl halides is 2. The summed E-state index contributed by atoms with van der Waals surface area (Å²) in [6.45, 7) is -1.10. The molecular formula is C8H7F2NO3. The van der Waals surface area contributed by atoms with Crippen molar-refractivity contribution in [3.63, 3.8) is 0 Å². The van der Waals surface area contributed by atoms with E-state index in [0.29, 0.717) is 5.69 Å². The lowest BCUT2D eigenvalue weighted by atomic mass is 10.3. The molecule has 0 radical (unpaired) electrons. The number of aliphatic hydroxyl groups is 1. The van der Waals surface area contributed by atoms with Crippen molar-refractivity contribution in [2.24, 2.45) is 0 Å². The Morgan fingerprint density at radius 2 is 2.29 bits per heavy atom. The van der Waals surface area contributed by atoms with Crippen LogP contribution >= 0.6 is 0 Å². The molecule has 4 nitrogen and oxygen atoms in total. The fourth-order valence-corrected chi connectivity index (χ4v) is 1.09. The molecule has 0 amide bonds. The molecule has 2 heterocycles. The molecular weight excluding hydrogens is 196 g/mol. The molecule has 1 aromatic heterocycles. The van der Waals surface area contributed by atoms with E-state index in [1.54, 1.807) is 0 Å². The van der Waals surface area contributed by atoms with Gasteiger partial charge in [0.25, 0.3) is 0 Å². The summed E-state index contributed by atoms with van der Waals surface area (Å²) < 4.78 is 34.4. The van der Waals surface area contributed by atoms with Crippen LogP contribution < -0.4 is 9.47 Å². The van der Waals surface area contributed by atoms with E-state index in [0.717, 1.165) is 6.20 Å². The third-order valence-corrected chi connectivity index (χ3v) is 1.71. The number of ether oxygens (including phenoxy) is 2. The topological polar surface area (TPSA) is 51.6 Å². The highest BCUT2D eigenvalue weighted by Gasteiger charge is 2.38. The van der Waals surface area contributed by atoms with Crippen LogP contribution in [0.1, 0.15) is 5.69 Å². The Kier molecular flexibility index (Phi) is 1.99. The largest absolute Gasteiger partial charge is 0.479 e. The maximum absolute atomic E-state index is 12.6. The van der Waals surface area contributed by atoms with Crippen molar-refractivity contribution in [3.05, 3.63) is 18.0 Å². The van der Waals surface area contributed by atoms with E-state index in [-0.39, 0.29) is 18.1 Å². The fraction of sp³-hybridized carbons (Fsp3) is 0.375. The molecule has 1 aliphatic rings. The summed E-state index contributed by atoms with van der Waals surface area (Å²) in [6.07, 6.45) is -2.20. The molecule has 0 spiro atoms. The quantitative estimate of drug-likeness (QED) is 0.737. The average molecular weight is 203 g/mol. The number of fused-ring (bicyclic) bond motifs is 1. The van der Waals surface area contributed by atoms with E-state index in [2.05, 4.69) is 9.72 Å². The van der Waals surface area contributed by atoms with Crippen LogP contribution in [0.3, 0.4) is 0 Å². The minimum Gasteiger partial charge on any atom is -0.479 e. The molecule has 0 bridgehead atoms. The van der Waals surface area contributed by atoms with Crippen molar-refractivity contribution in [2.45, 2.75) is 12.7 Å². The third-order valence-electron chi connectivity index (χ3n) is 1.71. The van der Waals surface area contributed by atoms with E-state index >= 15 is 0 Å². The van der Waals surface area contributed by atoms with Gasteiger partial charge in [-0.1, -0.05) is 0 Å². The van der Waals surface area contributed by atoms with Gasteiger partial charge in [-0.05, 0) is 0 Å². The monoisotopic (exact) mass is 203 g/mol. The number of halogens is 2. The molecule has 0 saturated heterocycles. The molecule has 0 atom stereocenters. The van der Waals surface area contributed by atoms with E-state index in [1.807, 2.05) is 0 Å². The molecule has 2 rings (SSSR count). The minimum atomic E-state index is -3.31. The van der Waals surface area contributed by atoms with Crippen LogP contribution in [0.2, 0.25) is 0 Å². The van der Waals surface area contributed by atoms with Gasteiger partial charge in [0.2, 0.25) is 0 Å². The lowest BCUT2D eigenvalue weighted by molar-refractivity contribution is -0.209. The van der Waals surface area contributed by atoms with Crippen molar-refractivity contribution in [1.82, 2.24) is 4.98 Å². The second-order valence-corrected chi connectivity index (χ2v) is 2.81. The highest BCUT2D eigenvalue weighted by Crippen LogP contribution is 2.36. The van der Waals surface area contributed by atoms with Gasteiger partial charge < -0.3 is 14.6 Å². The highest BCUT2D eigenvalue weighted by atomic mass is 19.3. The van der Waals surface area contributed by atoms with Gasteiger partial charge in [-0.3, -0.25) is 4.98 Å². The maximum atomic E-state index is 12.6. The molecule has 76 valence electrons. The van der Waals surface area contributed by atoms with Crippen LogP contribution in [0.25, 0.3) is 0 Å². The Labute approximate surface area is 78.1 Å². The van der Waals surface area contributed by atoms with Crippen molar-refractivity contribution >= 4 is 0 Å². The van der Waals surface area contributed by atoms with Gasteiger partial charge in [0.05, 0.1) is 18.5 Å². The molecule has 1 aromatic rings. The molecule has 1 aliphatic heterocycles. The predicted octanol–water partition coefficient (Wildman–Crippen LogP) is 0.938. The number of nitrogens with zero attached hydrogens (tertiary/aromatic N) is 1. The molecule has 14 heavy (non-hydrogen) atoms. The van der Waals surface area contributed by atoms with Gasteiger partial charge >= 0.3 is 6.11 Å². The summed E-state index contributed by atoms with van der Waals surface area (Å²) in [7, 11) is 0. The molecule has 0 aliphatic carbocycles. The summed E-state index contributed by atoms with van der Waals surface area (Å²) in [6, 6.07) is 1.37. The second-order valence-electron chi connectivity index (χ2n) is 2.81. The van der Waals surface area contributed by atoms with Crippen molar-refractivity contribution in [3.8, 4) is 11.5 Å². The number of rotatable bonds is 1. The zero-order chi connectivity index (χ0) is 10.2. The van der Waals surface area contributed by atoms with Crippen LogP contribution in [0, 0.1) is 0 Å². The molecule has 1 N–H and O–H groups in total. The first-order valence-electron chi connectivity index (χ1n) is 3.90. The summed E-state index contributed by atoms with van der Waals surface area (Å²) in [5.41, 5.74) is 0.345. The number of pyridine rings is 1. The van der Waals surface area contributed by atoms with Gasteiger partial charge in [-0.25, -0.2) is 0 Å². The zero-order valence-electron chi connectivity index (χ0n) is 7.04. The maximum Gasteiger partial charge on any atom is 0.433 e. The summed E-state index contributed by atoms with van der Waals surface area (Å²) in [4.78, 5) is 3.69. The van der Waals surface area contributed by atoms with E-state index in [9.17, 15) is 8.78 Å². The molecule has 0 fully saturated rings. The van der Waals surface area contributed by atoms with Crippen LogP contribution in [0.15, 0.2) is 12.3 Å². The van der Waals surface area contributed by atoms with Crippen molar-refractivity contribution in [1.29, 1.82) is 0 Å². The summed E-state index contributed by atoms with van der Waals surface area (Å²) in [5, 5.41) is 8.73. The fourth-order valence-electron chi connectivity index (χ4n) is 1.09. The standard InChI is InChI=1S/C8H7F2NO3/c9-8(10)4-13-6-1-5(3-12)11-2-7(6)14-8/h1-2,12H,3-4H2. The number of hydrogen-bond donors (Lipinski definition) is 1. The first-order chi connectivity index (χ1) is 6.61. The van der Waals surface area contributed by atoms with Gasteiger partial charge in [-0.15, -0.1) is 0 Å². The summed E-state index contributed by atoms with van der Waals surface area (Å²) >= 11 is 0. The van der Waals surface area contributed by atoms with Crippen molar-refractivity contribution < 1.29 is 23.4 Å². The minimum absolute atomic E-state index is 0.113. The third kappa shape index (κ3) is 1.60. The van der Waals surface area contributed by atoms with Crippen LogP contribution in [0.4, 0.5) is 8.78 Å². The normalized spacial score (nSPS) is 17.9. The van der Waals surface area contributed by atoms with Crippen molar-refractivity contribution in [2.75, 3.05) is 6.61 Å². The van der Waals surface area contributed by atoms with E-state index in [1.165, 1.54) is 6.07 Å². The predicted molar refractivity (Wildman–Crippen MR) is 41.2 cm³/mol. The summed E-state index contributed by atoms with van der Waals surface area (Å²) in [5.74, 6) is 0.0634. The van der Waals surface area contributed by atoms with Gasteiger partial charge in [-0.2, -0.15) is 8.78 Å². The smallest absolute Gasteiger partial charge is 0.433 e. The first-order valence-corrected chi connectivity index (χ1v) is 3.90. The Bertz CT molecular complexity index is 356. The highest BCUT2D eigenvalue weighted by molar-refractivity contribution is 5.40. The van der Waals surface area contributed by atoms with Gasteiger partial charge in [0.1, 0.15) is 0 Å². The SMILES string of the molecule is OCc1cc2c(cn1)OC(F)(F)CO2. The van der Waals surface area contributed by atoms with Crippen LogP contribution in [-0.4, -0.2) is 22.8 Å². The van der Waals surface area contributed by atoms with Gasteiger partial charge in [0.15, 0.2) is 18.1 Å². The molecule has 0 aromatic carbocycles. The van der Waals surface area contributed by atoms with Crippen LogP contribution in [-0.2, 0) is 6.61 Å². The lowest BCUT2D eigenvalue weighted by Gasteiger charge is -2.25. The Hall–Kier alpha value is -1.43. The number of aliphatic hydroxyl groups excluding tert-OH is 1. The zero-order valence-corrected chi connectivity index (χ0v) is 7.04. The Morgan fingerprint density at radius 3 is 3.00 bits per heavy atom. The molecule has 0 saturated carbocycles. The molecule has 6 heteroatoms. The van der Waals surface area contributed by atoms with E-state index in [4.69, 9.17) is 9.84 Å². The van der Waals surface area contributed by atoms with Gasteiger partial charge in [0, 0.05) is 6.07 Å². The van der Waals surface area contributed by atoms with Crippen LogP contribution in [0.5, 0.6) is 11.5 Å². The Balaban J connectivity index is 2.32. The second kappa shape index (κ2) is 3.06. The Morgan fingerprint density at radius 1 is 1.50 bits per heavy atom. The van der Waals surface area contributed by atoms with E-state index < -0.39 is 12.7 Å². The number of aromatic nitrogens is 1. The molecule has 0 unspecified atom stereocenters. The number of hydrogen-bond acceptors (Lipinski definition) is 4. The lowest BCUT2D eigenvalue weighted by Crippen LogP contribution is -2.36. The first kappa shape index (κ1) is 9.14.